The standard InChI is InChI=1S/C30H28O4S2/c1-19-3-11-25(12-4-19)35(31,32)27-15-21-7-9-23-17-28(36(33,34)26-13-5-20(2)6-14-26)18-24-10-8-22(16-27)29(21)30(23)24/h3-14,27-28H,15-18H2,1-2H3. The zero-order chi connectivity index (χ0) is 25.2. The van der Waals surface area contributed by atoms with Crippen LogP contribution in [0, 0.1) is 13.8 Å². The Morgan fingerprint density at radius 3 is 1.03 bits per heavy atom. The molecule has 6 rings (SSSR count). The monoisotopic (exact) mass is 516 g/mol. The summed E-state index contributed by atoms with van der Waals surface area (Å²) in [7, 11) is -6.94. The minimum Gasteiger partial charge on any atom is -0.223 e. The van der Waals surface area contributed by atoms with Crippen LogP contribution in [-0.2, 0) is 45.4 Å². The number of sulfone groups is 2. The minimum atomic E-state index is -3.47. The smallest absolute Gasteiger partial charge is 0.181 e. The van der Waals surface area contributed by atoms with Crippen molar-refractivity contribution >= 4 is 30.4 Å². The van der Waals surface area contributed by atoms with Gasteiger partial charge in [-0.3, -0.25) is 0 Å². The van der Waals surface area contributed by atoms with Crippen molar-refractivity contribution in [2.24, 2.45) is 0 Å². The quantitative estimate of drug-likeness (QED) is 0.367. The molecule has 0 fully saturated rings. The van der Waals surface area contributed by atoms with Crippen molar-refractivity contribution in [1.29, 1.82) is 0 Å². The Kier molecular flexibility index (Phi) is 5.39. The van der Waals surface area contributed by atoms with E-state index in [2.05, 4.69) is 0 Å². The highest BCUT2D eigenvalue weighted by Gasteiger charge is 2.36. The first-order valence-electron chi connectivity index (χ1n) is 12.3. The second kappa shape index (κ2) is 8.29. The van der Waals surface area contributed by atoms with E-state index in [0.29, 0.717) is 35.5 Å². The molecule has 0 unspecified atom stereocenters. The van der Waals surface area contributed by atoms with Crippen molar-refractivity contribution < 1.29 is 16.8 Å². The summed E-state index contributed by atoms with van der Waals surface area (Å²) in [5, 5.41) is 1.24. The van der Waals surface area contributed by atoms with Crippen LogP contribution in [0.25, 0.3) is 10.8 Å². The Labute approximate surface area is 212 Å². The molecule has 0 spiro atoms. The summed E-state index contributed by atoms with van der Waals surface area (Å²) < 4.78 is 53.9. The molecular weight excluding hydrogens is 488 g/mol. The molecule has 2 aliphatic rings. The average molecular weight is 517 g/mol. The van der Waals surface area contributed by atoms with Crippen LogP contribution in [0.4, 0.5) is 0 Å². The van der Waals surface area contributed by atoms with Gasteiger partial charge in [-0.05, 0) is 96.8 Å². The summed E-state index contributed by atoms with van der Waals surface area (Å²) in [6.07, 6.45) is 1.87. The highest BCUT2D eigenvalue weighted by atomic mass is 32.2. The Hall–Kier alpha value is -2.96. The fourth-order valence-corrected chi connectivity index (χ4v) is 9.27. The Balaban J connectivity index is 1.36. The van der Waals surface area contributed by atoms with Crippen LogP contribution in [0.15, 0.2) is 82.6 Å². The third-order valence-corrected chi connectivity index (χ3v) is 12.2. The van der Waals surface area contributed by atoms with Crippen LogP contribution >= 0.6 is 0 Å². The number of hydrogen-bond acceptors (Lipinski definition) is 4. The predicted octanol–water partition coefficient (Wildman–Crippen LogP) is 5.34. The van der Waals surface area contributed by atoms with Gasteiger partial charge in [0.1, 0.15) is 0 Å². The molecule has 2 aliphatic carbocycles. The van der Waals surface area contributed by atoms with E-state index in [1.165, 1.54) is 0 Å². The van der Waals surface area contributed by atoms with E-state index >= 15 is 0 Å². The molecule has 4 nitrogen and oxygen atoms in total. The number of rotatable bonds is 4. The van der Waals surface area contributed by atoms with Gasteiger partial charge >= 0.3 is 0 Å². The van der Waals surface area contributed by atoms with Crippen molar-refractivity contribution in [3.8, 4) is 0 Å². The van der Waals surface area contributed by atoms with Crippen molar-refractivity contribution in [3.63, 3.8) is 0 Å². The van der Waals surface area contributed by atoms with E-state index in [-0.39, 0.29) is 0 Å². The summed E-state index contributed by atoms with van der Waals surface area (Å²) >= 11 is 0. The molecule has 184 valence electrons. The molecular formula is C30H28O4S2. The van der Waals surface area contributed by atoms with Crippen LogP contribution < -0.4 is 0 Å². The summed E-state index contributed by atoms with van der Waals surface area (Å²) in [6.45, 7) is 3.90. The van der Waals surface area contributed by atoms with Gasteiger partial charge < -0.3 is 0 Å². The van der Waals surface area contributed by atoms with Crippen molar-refractivity contribution in [2.75, 3.05) is 0 Å². The van der Waals surface area contributed by atoms with Crippen molar-refractivity contribution in [1.82, 2.24) is 0 Å². The second-order valence-electron chi connectivity index (χ2n) is 10.3. The first-order chi connectivity index (χ1) is 17.1. The molecule has 0 heterocycles. The fourth-order valence-electron chi connectivity index (χ4n) is 5.88. The van der Waals surface area contributed by atoms with Crippen molar-refractivity contribution in [2.45, 2.75) is 59.8 Å². The maximum Gasteiger partial charge on any atom is 0.181 e. The molecule has 0 N–H and O–H groups in total. The first kappa shape index (κ1) is 23.4. The molecule has 0 saturated carbocycles. The lowest BCUT2D eigenvalue weighted by Crippen LogP contribution is -2.32. The molecule has 0 aliphatic heterocycles. The predicted molar refractivity (Wildman–Crippen MR) is 143 cm³/mol. The molecule has 0 bridgehead atoms. The SMILES string of the molecule is Cc1ccc(S(=O)(=O)C2Cc3ccc4c5c(ccc(c35)C2)CC(S(=O)(=O)c2ccc(C)cc2)C4)cc1. The van der Waals surface area contributed by atoms with Gasteiger partial charge in [0.25, 0.3) is 0 Å². The van der Waals surface area contributed by atoms with Crippen LogP contribution in [0.5, 0.6) is 0 Å². The van der Waals surface area contributed by atoms with Gasteiger partial charge in [-0.1, -0.05) is 59.7 Å². The molecule has 0 amide bonds. The summed E-state index contributed by atoms with van der Waals surface area (Å²) in [5.41, 5.74) is 6.22. The number of hydrogen-bond donors (Lipinski definition) is 0. The van der Waals surface area contributed by atoms with Gasteiger partial charge in [0.05, 0.1) is 20.3 Å². The van der Waals surface area contributed by atoms with E-state index in [1.807, 2.05) is 62.4 Å². The molecule has 6 heteroatoms. The molecule has 36 heavy (non-hydrogen) atoms. The summed E-state index contributed by atoms with van der Waals surface area (Å²) in [4.78, 5) is 0.743. The van der Waals surface area contributed by atoms with E-state index in [9.17, 15) is 16.8 Å². The maximum atomic E-state index is 13.5. The molecule has 4 aromatic rings. The molecule has 4 aromatic carbocycles. The van der Waals surface area contributed by atoms with Gasteiger partial charge in [0, 0.05) is 0 Å². The summed E-state index contributed by atoms with van der Waals surface area (Å²) in [5.74, 6) is 0. The maximum absolute atomic E-state index is 13.5. The van der Waals surface area contributed by atoms with E-state index in [4.69, 9.17) is 0 Å². The summed E-state index contributed by atoms with van der Waals surface area (Å²) in [6, 6.07) is 22.3. The Morgan fingerprint density at radius 1 is 0.472 bits per heavy atom. The van der Waals surface area contributed by atoms with Gasteiger partial charge in [-0.15, -0.1) is 0 Å². The molecule has 0 aromatic heterocycles. The van der Waals surface area contributed by atoms with Crippen molar-refractivity contribution in [3.05, 3.63) is 106 Å². The third-order valence-electron chi connectivity index (χ3n) is 7.87. The van der Waals surface area contributed by atoms with Crippen LogP contribution in [0.1, 0.15) is 33.4 Å². The van der Waals surface area contributed by atoms with Gasteiger partial charge in [-0.25, -0.2) is 16.8 Å². The second-order valence-corrected chi connectivity index (χ2v) is 14.8. The zero-order valence-corrected chi connectivity index (χ0v) is 22.0. The van der Waals surface area contributed by atoms with Gasteiger partial charge in [0.15, 0.2) is 19.7 Å². The van der Waals surface area contributed by atoms with Gasteiger partial charge in [-0.2, -0.15) is 0 Å². The highest BCUT2D eigenvalue weighted by Crippen LogP contribution is 2.41. The molecule has 0 radical (unpaired) electrons. The lowest BCUT2D eigenvalue weighted by molar-refractivity contribution is 0.572. The average Bonchev–Trinajstić information content (AvgIpc) is 2.87. The topological polar surface area (TPSA) is 68.3 Å². The Morgan fingerprint density at radius 2 is 0.750 bits per heavy atom. The van der Waals surface area contributed by atoms with Gasteiger partial charge in [0.2, 0.25) is 0 Å². The number of benzene rings is 4. The molecule has 0 saturated heterocycles. The zero-order valence-electron chi connectivity index (χ0n) is 20.4. The van der Waals surface area contributed by atoms with E-state index in [0.717, 1.165) is 44.2 Å². The minimum absolute atomic E-state index is 0.372. The first-order valence-corrected chi connectivity index (χ1v) is 15.4. The Bertz CT molecular complexity index is 1540. The van der Waals surface area contributed by atoms with Crippen LogP contribution in [0.3, 0.4) is 0 Å². The lowest BCUT2D eigenvalue weighted by Gasteiger charge is -2.31. The normalized spacial score (nSPS) is 16.4. The number of aryl methyl sites for hydroxylation is 2. The van der Waals surface area contributed by atoms with Crippen LogP contribution in [-0.4, -0.2) is 27.3 Å². The highest BCUT2D eigenvalue weighted by molar-refractivity contribution is 7.92. The molecule has 0 atom stereocenters. The largest absolute Gasteiger partial charge is 0.223 e. The fraction of sp³-hybridized carbons (Fsp3) is 0.267. The van der Waals surface area contributed by atoms with Crippen LogP contribution in [0.2, 0.25) is 0 Å². The lowest BCUT2D eigenvalue weighted by atomic mass is 9.80. The third kappa shape index (κ3) is 3.70. The van der Waals surface area contributed by atoms with E-state index in [1.54, 1.807) is 24.3 Å². The van der Waals surface area contributed by atoms with E-state index < -0.39 is 30.2 Å².